The van der Waals surface area contributed by atoms with E-state index < -0.39 is 23.8 Å². The highest BCUT2D eigenvalue weighted by molar-refractivity contribution is 7.17. The highest BCUT2D eigenvalue weighted by Crippen LogP contribution is 2.49. The number of aryl methyl sites for hydroxylation is 1. The summed E-state index contributed by atoms with van der Waals surface area (Å²) in [6.45, 7) is 0. The Hall–Kier alpha value is -2.15. The second kappa shape index (κ2) is 7.11. The fourth-order valence-corrected chi connectivity index (χ4v) is 6.14. The maximum absolute atomic E-state index is 13.0. The van der Waals surface area contributed by atoms with Gasteiger partial charge in [0, 0.05) is 4.88 Å². The van der Waals surface area contributed by atoms with Crippen molar-refractivity contribution in [3.63, 3.8) is 0 Å². The lowest BCUT2D eigenvalue weighted by Gasteiger charge is -2.23. The lowest BCUT2D eigenvalue weighted by Crippen LogP contribution is -2.36. The van der Waals surface area contributed by atoms with E-state index in [1.165, 1.54) is 18.4 Å². The highest BCUT2D eigenvalue weighted by Gasteiger charge is 2.51. The molecule has 1 heterocycles. The van der Waals surface area contributed by atoms with E-state index in [0.29, 0.717) is 17.0 Å². The Morgan fingerprint density at radius 1 is 1.11 bits per heavy atom. The van der Waals surface area contributed by atoms with E-state index in [2.05, 4.69) is 5.32 Å². The molecule has 1 aromatic heterocycles. The largest absolute Gasteiger partial charge is 0.481 e. The minimum atomic E-state index is -0.929. The summed E-state index contributed by atoms with van der Waals surface area (Å²) >= 11 is 1.44. The number of hydrogen-bond donors (Lipinski definition) is 2. The van der Waals surface area contributed by atoms with Crippen molar-refractivity contribution in [2.24, 2.45) is 23.7 Å². The molecule has 3 aliphatic rings. The first-order chi connectivity index (χ1) is 13.0. The summed E-state index contributed by atoms with van der Waals surface area (Å²) in [5.74, 6) is -3.08. The Balaban J connectivity index is 1.64. The number of methoxy groups -OCH3 is 1. The molecule has 2 bridgehead atoms. The molecule has 7 heteroatoms. The van der Waals surface area contributed by atoms with Gasteiger partial charge in [-0.25, -0.2) is 4.79 Å². The van der Waals surface area contributed by atoms with Crippen LogP contribution in [-0.2, 0) is 27.2 Å². The molecule has 0 saturated heterocycles. The maximum atomic E-state index is 13.0. The average Bonchev–Trinajstić information content (AvgIpc) is 3.30. The van der Waals surface area contributed by atoms with Crippen LogP contribution in [-0.4, -0.2) is 30.1 Å². The van der Waals surface area contributed by atoms with Crippen molar-refractivity contribution in [3.8, 4) is 0 Å². The zero-order valence-corrected chi connectivity index (χ0v) is 16.0. The standard InChI is InChI=1S/C20H23NO5S/c1-26-20(25)16-12-5-3-2-4-6-13(12)27-18(16)21-17(22)14-10-7-8-11(9-10)15(14)19(23)24/h7-8,10-11,14-15H,2-6,9H2,1H3,(H,21,22)(H,23,24)/t10-,11-,14-,15-/m0/s1. The zero-order chi connectivity index (χ0) is 19.1. The SMILES string of the molecule is COC(=O)c1c(NC(=O)[C@@H]2[C@@H](C(=O)O)[C@H]3C=C[C@H]2C3)sc2c1CCCCC2. The fraction of sp³-hybridized carbons (Fsp3) is 0.550. The normalized spacial score (nSPS) is 28.5. The third-order valence-electron chi connectivity index (χ3n) is 6.09. The molecule has 1 saturated carbocycles. The van der Waals surface area contributed by atoms with Crippen molar-refractivity contribution in [3.05, 3.63) is 28.2 Å². The van der Waals surface area contributed by atoms with Crippen LogP contribution in [0, 0.1) is 23.7 Å². The summed E-state index contributed by atoms with van der Waals surface area (Å²) in [7, 11) is 1.34. The number of esters is 1. The number of aliphatic carboxylic acids is 1. The number of nitrogens with one attached hydrogen (secondary N) is 1. The second-order valence-corrected chi connectivity index (χ2v) is 8.69. The quantitative estimate of drug-likeness (QED) is 0.468. The number of anilines is 1. The van der Waals surface area contributed by atoms with Crippen LogP contribution >= 0.6 is 11.3 Å². The molecule has 0 aromatic carbocycles. The van der Waals surface area contributed by atoms with E-state index in [1.807, 2.05) is 12.2 Å². The van der Waals surface area contributed by atoms with E-state index >= 15 is 0 Å². The first-order valence-corrected chi connectivity index (χ1v) is 10.3. The maximum Gasteiger partial charge on any atom is 0.341 e. The Morgan fingerprint density at radius 3 is 2.52 bits per heavy atom. The minimum absolute atomic E-state index is 0.0459. The van der Waals surface area contributed by atoms with Crippen molar-refractivity contribution >= 4 is 34.2 Å². The Kier molecular flexibility index (Phi) is 4.80. The van der Waals surface area contributed by atoms with Crippen LogP contribution in [0.3, 0.4) is 0 Å². The Bertz CT molecular complexity index is 827. The first-order valence-electron chi connectivity index (χ1n) is 9.46. The molecule has 0 radical (unpaired) electrons. The molecule has 27 heavy (non-hydrogen) atoms. The number of carbonyl (C=O) groups is 3. The molecule has 0 spiro atoms. The summed E-state index contributed by atoms with van der Waals surface area (Å²) in [4.78, 5) is 38.2. The monoisotopic (exact) mass is 389 g/mol. The lowest BCUT2D eigenvalue weighted by atomic mass is 9.82. The number of fused-ring (bicyclic) bond motifs is 3. The molecular weight excluding hydrogens is 366 g/mol. The van der Waals surface area contributed by atoms with Crippen molar-refractivity contribution < 1.29 is 24.2 Å². The topological polar surface area (TPSA) is 92.7 Å². The van der Waals surface area contributed by atoms with E-state index in [1.54, 1.807) is 0 Å². The minimum Gasteiger partial charge on any atom is -0.481 e. The number of carbonyl (C=O) groups excluding carboxylic acids is 2. The van der Waals surface area contributed by atoms with Gasteiger partial charge >= 0.3 is 11.9 Å². The van der Waals surface area contributed by atoms with Crippen LogP contribution in [0.25, 0.3) is 0 Å². The van der Waals surface area contributed by atoms with Gasteiger partial charge in [-0.1, -0.05) is 18.6 Å². The summed E-state index contributed by atoms with van der Waals surface area (Å²) in [6, 6.07) is 0. The summed E-state index contributed by atoms with van der Waals surface area (Å²) in [6.07, 6.45) is 9.50. The van der Waals surface area contributed by atoms with Crippen LogP contribution in [0.4, 0.5) is 5.00 Å². The number of thiophene rings is 1. The van der Waals surface area contributed by atoms with E-state index in [4.69, 9.17) is 4.74 Å². The molecular formula is C20H23NO5S. The number of amides is 1. The predicted molar refractivity (Wildman–Crippen MR) is 101 cm³/mol. The van der Waals surface area contributed by atoms with Crippen LogP contribution < -0.4 is 5.32 Å². The third-order valence-corrected chi connectivity index (χ3v) is 7.30. The lowest BCUT2D eigenvalue weighted by molar-refractivity contribution is -0.146. The van der Waals surface area contributed by atoms with Gasteiger partial charge in [-0.2, -0.15) is 0 Å². The number of hydrogen-bond acceptors (Lipinski definition) is 5. The van der Waals surface area contributed by atoms with Gasteiger partial charge in [-0.05, 0) is 49.5 Å². The number of rotatable bonds is 4. The molecule has 0 aliphatic heterocycles. The molecule has 4 rings (SSSR count). The van der Waals surface area contributed by atoms with Gasteiger partial charge in [-0.15, -0.1) is 11.3 Å². The van der Waals surface area contributed by atoms with Gasteiger partial charge in [0.05, 0.1) is 24.5 Å². The van der Waals surface area contributed by atoms with E-state index in [0.717, 1.165) is 42.5 Å². The molecule has 1 aromatic rings. The molecule has 6 nitrogen and oxygen atoms in total. The van der Waals surface area contributed by atoms with Crippen LogP contribution in [0.5, 0.6) is 0 Å². The van der Waals surface area contributed by atoms with Gasteiger partial charge in [0.2, 0.25) is 5.91 Å². The summed E-state index contributed by atoms with van der Waals surface area (Å²) < 4.78 is 4.97. The van der Waals surface area contributed by atoms with Gasteiger partial charge < -0.3 is 15.2 Å². The molecule has 2 N–H and O–H groups in total. The molecule has 144 valence electrons. The van der Waals surface area contributed by atoms with E-state index in [9.17, 15) is 19.5 Å². The van der Waals surface area contributed by atoms with Crippen LogP contribution in [0.2, 0.25) is 0 Å². The summed E-state index contributed by atoms with van der Waals surface area (Å²) in [5.41, 5.74) is 1.44. The second-order valence-electron chi connectivity index (χ2n) is 7.59. The molecule has 1 fully saturated rings. The van der Waals surface area contributed by atoms with Crippen LogP contribution in [0.15, 0.2) is 12.2 Å². The van der Waals surface area contributed by atoms with Gasteiger partial charge in [-0.3, -0.25) is 9.59 Å². The van der Waals surface area contributed by atoms with Gasteiger partial charge in [0.15, 0.2) is 0 Å². The van der Waals surface area contributed by atoms with Gasteiger partial charge in [0.1, 0.15) is 5.00 Å². The molecule has 1 amide bonds. The number of carboxylic acids is 1. The van der Waals surface area contributed by atoms with E-state index in [-0.39, 0.29) is 17.7 Å². The molecule has 3 aliphatic carbocycles. The predicted octanol–water partition coefficient (Wildman–Crippen LogP) is 3.27. The number of allylic oxidation sites excluding steroid dienone is 2. The van der Waals surface area contributed by atoms with Crippen molar-refractivity contribution in [1.82, 2.24) is 0 Å². The van der Waals surface area contributed by atoms with Crippen molar-refractivity contribution in [1.29, 1.82) is 0 Å². The number of ether oxygens (including phenoxy) is 1. The summed E-state index contributed by atoms with van der Waals surface area (Å²) in [5, 5.41) is 13.0. The zero-order valence-electron chi connectivity index (χ0n) is 15.2. The molecule has 0 unspecified atom stereocenters. The average molecular weight is 389 g/mol. The smallest absolute Gasteiger partial charge is 0.341 e. The first kappa shape index (κ1) is 18.2. The van der Waals surface area contributed by atoms with Gasteiger partial charge in [0.25, 0.3) is 0 Å². The third kappa shape index (κ3) is 3.08. The fourth-order valence-electron chi connectivity index (χ4n) is 4.86. The molecule has 4 atom stereocenters. The van der Waals surface area contributed by atoms with Crippen molar-refractivity contribution in [2.45, 2.75) is 38.5 Å². The van der Waals surface area contributed by atoms with Crippen molar-refractivity contribution in [2.75, 3.05) is 12.4 Å². The Labute approximate surface area is 161 Å². The van der Waals surface area contributed by atoms with Crippen LogP contribution in [0.1, 0.15) is 46.5 Å². The number of carboxylic acid groups (broad SMARTS) is 1. The highest BCUT2D eigenvalue weighted by atomic mass is 32.1. The Morgan fingerprint density at radius 2 is 1.81 bits per heavy atom.